The topological polar surface area (TPSA) is 72.3 Å². The minimum Gasteiger partial charge on any atom is -0.395 e. The lowest BCUT2D eigenvalue weighted by Gasteiger charge is -2.36. The zero-order valence-corrected chi connectivity index (χ0v) is 30.4. The molecule has 0 saturated carbocycles. The van der Waals surface area contributed by atoms with Gasteiger partial charge in [0.2, 0.25) is 0 Å². The zero-order valence-electron chi connectivity index (χ0n) is 28.7. The number of benzene rings is 6. The van der Waals surface area contributed by atoms with Gasteiger partial charge in [0.1, 0.15) is 0 Å². The SMILES string of the molecule is CC[C@@H](N)CSC(c1ccccc1)(c1ccccc1)c1ccccc1.N[C@H](CO)CSC(c1ccccc1)(c1ccccc1)c1ccccc1. The maximum absolute atomic E-state index is 9.40. The molecule has 0 aliphatic heterocycles. The van der Waals surface area contributed by atoms with Crippen LogP contribution in [0.3, 0.4) is 0 Å². The summed E-state index contributed by atoms with van der Waals surface area (Å²) in [5, 5.41) is 9.40. The number of aliphatic hydroxyl groups excluding tert-OH is 1. The Labute approximate surface area is 307 Å². The molecule has 6 aromatic rings. The van der Waals surface area contributed by atoms with Gasteiger partial charge in [-0.3, -0.25) is 0 Å². The Morgan fingerprint density at radius 1 is 0.420 bits per heavy atom. The van der Waals surface area contributed by atoms with Crippen LogP contribution in [0.25, 0.3) is 0 Å². The standard InChI is InChI=1S/C23H25NS.C22H23NOS/c1-2-22(24)18-25-23(19-12-6-3-7-13-19,20-14-8-4-9-15-20)21-16-10-5-11-17-21;23-21(16-24)17-25-22(18-10-4-1-5-11-18,19-12-6-2-7-13-19)20-14-8-3-9-15-20/h3-17,22H,2,18,24H2,1H3;1-15,21,24H,16-17,23H2/t22-;21-/m11/s1. The summed E-state index contributed by atoms with van der Waals surface area (Å²) < 4.78 is -0.618. The first-order valence-corrected chi connectivity index (χ1v) is 19.2. The second kappa shape index (κ2) is 18.8. The van der Waals surface area contributed by atoms with E-state index in [4.69, 9.17) is 11.5 Å². The van der Waals surface area contributed by atoms with Gasteiger partial charge in [-0.05, 0) is 39.8 Å². The van der Waals surface area contributed by atoms with E-state index in [2.05, 4.69) is 171 Å². The maximum Gasteiger partial charge on any atom is 0.0907 e. The molecule has 2 atom stereocenters. The summed E-state index contributed by atoms with van der Waals surface area (Å²) in [5.74, 6) is 1.57. The molecule has 5 heteroatoms. The Morgan fingerprint density at radius 3 is 0.840 bits per heavy atom. The van der Waals surface area contributed by atoms with Gasteiger partial charge in [0, 0.05) is 23.6 Å². The molecule has 0 radical (unpaired) electrons. The molecule has 6 aromatic carbocycles. The van der Waals surface area contributed by atoms with E-state index in [0.29, 0.717) is 5.75 Å². The summed E-state index contributed by atoms with van der Waals surface area (Å²) in [6, 6.07) is 63.8. The Bertz CT molecular complexity index is 1460. The quantitative estimate of drug-likeness (QED) is 0.0990. The van der Waals surface area contributed by atoms with Gasteiger partial charge < -0.3 is 16.6 Å². The number of nitrogens with two attached hydrogens (primary N) is 2. The van der Waals surface area contributed by atoms with Crippen molar-refractivity contribution >= 4 is 23.5 Å². The predicted molar refractivity (Wildman–Crippen MR) is 217 cm³/mol. The second-order valence-electron chi connectivity index (χ2n) is 12.3. The van der Waals surface area contributed by atoms with Crippen molar-refractivity contribution in [2.24, 2.45) is 11.5 Å². The van der Waals surface area contributed by atoms with Gasteiger partial charge in [-0.15, -0.1) is 23.5 Å². The molecule has 0 fully saturated rings. The molecule has 0 spiro atoms. The molecule has 5 N–H and O–H groups in total. The van der Waals surface area contributed by atoms with Gasteiger partial charge in [0.05, 0.1) is 16.1 Å². The third-order valence-corrected chi connectivity index (χ3v) is 12.3. The van der Waals surface area contributed by atoms with E-state index in [9.17, 15) is 5.11 Å². The van der Waals surface area contributed by atoms with Crippen LogP contribution in [0.4, 0.5) is 0 Å². The lowest BCUT2D eigenvalue weighted by Crippen LogP contribution is -2.32. The highest BCUT2D eigenvalue weighted by molar-refractivity contribution is 8.00. The minimum atomic E-state index is -0.365. The van der Waals surface area contributed by atoms with Gasteiger partial charge in [0.25, 0.3) is 0 Å². The normalized spacial score (nSPS) is 12.7. The molecule has 0 heterocycles. The summed E-state index contributed by atoms with van der Waals surface area (Å²) in [6.45, 7) is 2.14. The molecule has 256 valence electrons. The van der Waals surface area contributed by atoms with Crippen molar-refractivity contribution in [3.63, 3.8) is 0 Å². The van der Waals surface area contributed by atoms with Crippen LogP contribution in [0.15, 0.2) is 182 Å². The van der Waals surface area contributed by atoms with Crippen LogP contribution < -0.4 is 11.5 Å². The Hall–Kier alpha value is -4.10. The fourth-order valence-corrected chi connectivity index (χ4v) is 9.26. The fraction of sp³-hybridized carbons (Fsp3) is 0.200. The Balaban J connectivity index is 0.000000194. The lowest BCUT2D eigenvalue weighted by molar-refractivity contribution is 0.275. The first kappa shape index (κ1) is 37.2. The average Bonchev–Trinajstić information content (AvgIpc) is 3.21. The largest absolute Gasteiger partial charge is 0.395 e. The number of hydrogen-bond donors (Lipinski definition) is 3. The van der Waals surface area contributed by atoms with Gasteiger partial charge >= 0.3 is 0 Å². The third kappa shape index (κ3) is 8.79. The summed E-state index contributed by atoms with van der Waals surface area (Å²) in [7, 11) is 0. The smallest absolute Gasteiger partial charge is 0.0907 e. The molecule has 0 aliphatic carbocycles. The number of hydrogen-bond acceptors (Lipinski definition) is 5. The Morgan fingerprint density at radius 2 is 0.640 bits per heavy atom. The van der Waals surface area contributed by atoms with Crippen molar-refractivity contribution in [1.29, 1.82) is 0 Å². The molecule has 0 amide bonds. The molecule has 0 aliphatic rings. The first-order chi connectivity index (χ1) is 24.5. The number of aliphatic hydroxyl groups is 1. The van der Waals surface area contributed by atoms with Crippen molar-refractivity contribution in [1.82, 2.24) is 0 Å². The second-order valence-corrected chi connectivity index (χ2v) is 14.8. The van der Waals surface area contributed by atoms with E-state index in [1.165, 1.54) is 33.4 Å². The lowest BCUT2D eigenvalue weighted by atomic mass is 9.84. The molecule has 6 rings (SSSR count). The van der Waals surface area contributed by atoms with Crippen LogP contribution in [0.1, 0.15) is 46.7 Å². The monoisotopic (exact) mass is 696 g/mol. The van der Waals surface area contributed by atoms with Crippen LogP contribution in [0.5, 0.6) is 0 Å². The maximum atomic E-state index is 9.40. The molecular formula is C45H48N2OS2. The highest BCUT2D eigenvalue weighted by Gasteiger charge is 2.38. The van der Waals surface area contributed by atoms with Crippen LogP contribution in [0, 0.1) is 0 Å². The minimum absolute atomic E-state index is 0.0125. The summed E-state index contributed by atoms with van der Waals surface area (Å²) >= 11 is 3.71. The highest BCUT2D eigenvalue weighted by Crippen LogP contribution is 2.49. The van der Waals surface area contributed by atoms with Crippen molar-refractivity contribution < 1.29 is 5.11 Å². The summed E-state index contributed by atoms with van der Waals surface area (Å²) in [4.78, 5) is 0. The molecule has 50 heavy (non-hydrogen) atoms. The van der Waals surface area contributed by atoms with Crippen molar-refractivity contribution in [2.75, 3.05) is 18.1 Å². The van der Waals surface area contributed by atoms with Crippen LogP contribution in [-0.4, -0.2) is 35.3 Å². The van der Waals surface area contributed by atoms with Crippen molar-refractivity contribution in [3.8, 4) is 0 Å². The van der Waals surface area contributed by atoms with E-state index in [1.54, 1.807) is 11.8 Å². The van der Waals surface area contributed by atoms with E-state index in [0.717, 1.165) is 12.2 Å². The summed E-state index contributed by atoms with van der Waals surface area (Å²) in [5.41, 5.74) is 19.8. The van der Waals surface area contributed by atoms with Crippen LogP contribution >= 0.6 is 23.5 Å². The first-order valence-electron chi connectivity index (χ1n) is 17.3. The average molecular weight is 697 g/mol. The highest BCUT2D eigenvalue weighted by atomic mass is 32.2. The van der Waals surface area contributed by atoms with Gasteiger partial charge in [-0.25, -0.2) is 0 Å². The van der Waals surface area contributed by atoms with Crippen molar-refractivity contribution in [2.45, 2.75) is 34.9 Å². The number of thioether (sulfide) groups is 2. The third-order valence-electron chi connectivity index (χ3n) is 8.87. The molecular weight excluding hydrogens is 649 g/mol. The van der Waals surface area contributed by atoms with E-state index in [-0.39, 0.29) is 28.2 Å². The summed E-state index contributed by atoms with van der Waals surface area (Å²) in [6.07, 6.45) is 0.988. The molecule has 0 unspecified atom stereocenters. The van der Waals surface area contributed by atoms with Crippen molar-refractivity contribution in [3.05, 3.63) is 215 Å². The van der Waals surface area contributed by atoms with Crippen LogP contribution in [0.2, 0.25) is 0 Å². The van der Waals surface area contributed by atoms with Gasteiger partial charge in [-0.2, -0.15) is 0 Å². The molecule has 0 bridgehead atoms. The molecule has 3 nitrogen and oxygen atoms in total. The van der Waals surface area contributed by atoms with E-state index < -0.39 is 0 Å². The Kier molecular flexibility index (Phi) is 13.9. The van der Waals surface area contributed by atoms with Gasteiger partial charge in [-0.1, -0.05) is 189 Å². The molecule has 0 saturated heterocycles. The fourth-order valence-electron chi connectivity index (χ4n) is 6.17. The van der Waals surface area contributed by atoms with Gasteiger partial charge in [0.15, 0.2) is 0 Å². The van der Waals surface area contributed by atoms with E-state index in [1.807, 2.05) is 30.0 Å². The molecule has 0 aromatic heterocycles. The van der Waals surface area contributed by atoms with Crippen LogP contribution in [-0.2, 0) is 9.49 Å². The van der Waals surface area contributed by atoms with E-state index >= 15 is 0 Å². The zero-order chi connectivity index (χ0) is 35.1. The predicted octanol–water partition coefficient (Wildman–Crippen LogP) is 9.48. The number of rotatable bonds is 14.